The van der Waals surface area contributed by atoms with Gasteiger partial charge in [-0.15, -0.1) is 0 Å². The second-order valence-electron chi connectivity index (χ2n) is 4.95. The molecular formula is C13H15N. The molecule has 14 heavy (non-hydrogen) atoms. The zero-order chi connectivity index (χ0) is 9.12. The number of nitrogens with one attached hydrogen (secondary N) is 1. The van der Waals surface area contributed by atoms with Crippen molar-refractivity contribution in [2.75, 3.05) is 0 Å². The lowest BCUT2D eigenvalue weighted by Gasteiger charge is -2.14. The molecule has 1 aliphatic carbocycles. The summed E-state index contributed by atoms with van der Waals surface area (Å²) in [5, 5.41) is 3.70. The third-order valence-corrected chi connectivity index (χ3v) is 4.19. The summed E-state index contributed by atoms with van der Waals surface area (Å²) in [4.78, 5) is 0. The molecule has 1 heteroatoms. The van der Waals surface area contributed by atoms with Gasteiger partial charge in [0.05, 0.1) is 0 Å². The molecule has 1 fully saturated rings. The molecule has 2 bridgehead atoms. The highest BCUT2D eigenvalue weighted by Gasteiger charge is 2.36. The van der Waals surface area contributed by atoms with E-state index in [1.807, 2.05) is 0 Å². The topological polar surface area (TPSA) is 12.0 Å². The summed E-state index contributed by atoms with van der Waals surface area (Å²) in [5.41, 5.74) is 6.53. The molecule has 1 saturated heterocycles. The minimum Gasteiger partial charge on any atom is -0.303 e. The van der Waals surface area contributed by atoms with E-state index in [1.54, 1.807) is 22.3 Å². The largest absolute Gasteiger partial charge is 0.303 e. The number of rotatable bonds is 0. The number of aryl methyl sites for hydroxylation is 2. The van der Waals surface area contributed by atoms with Crippen LogP contribution in [0.3, 0.4) is 0 Å². The molecule has 1 N–H and O–H groups in total. The van der Waals surface area contributed by atoms with Crippen molar-refractivity contribution in [3.05, 3.63) is 34.4 Å². The molecule has 2 atom stereocenters. The fraction of sp³-hybridized carbons (Fsp3) is 0.538. The minimum absolute atomic E-state index is 0.695. The predicted octanol–water partition coefficient (Wildman–Crippen LogP) is 2.65. The SMILES string of the molecule is c1c2c(cc3c1C1CCC3N1)CCC2. The fourth-order valence-corrected chi connectivity index (χ4v) is 3.50. The lowest BCUT2D eigenvalue weighted by atomic mass is 9.89. The van der Waals surface area contributed by atoms with Crippen molar-refractivity contribution < 1.29 is 0 Å². The molecule has 3 aliphatic rings. The Morgan fingerprint density at radius 1 is 0.929 bits per heavy atom. The van der Waals surface area contributed by atoms with Gasteiger partial charge in [-0.05, 0) is 54.4 Å². The first kappa shape index (κ1) is 7.47. The number of fused-ring (bicyclic) bond motifs is 6. The number of hydrogen-bond donors (Lipinski definition) is 1. The molecule has 0 saturated carbocycles. The van der Waals surface area contributed by atoms with E-state index in [4.69, 9.17) is 0 Å². The van der Waals surface area contributed by atoms with Crippen LogP contribution in [0.1, 0.15) is 53.6 Å². The Kier molecular flexibility index (Phi) is 1.28. The summed E-state index contributed by atoms with van der Waals surface area (Å²) in [7, 11) is 0. The van der Waals surface area contributed by atoms with Gasteiger partial charge in [0.15, 0.2) is 0 Å². The number of hydrogen-bond acceptors (Lipinski definition) is 1. The van der Waals surface area contributed by atoms with Crippen LogP contribution in [0, 0.1) is 0 Å². The van der Waals surface area contributed by atoms with Crippen molar-refractivity contribution in [3.8, 4) is 0 Å². The molecule has 2 heterocycles. The Labute approximate surface area is 84.5 Å². The van der Waals surface area contributed by atoms with Crippen molar-refractivity contribution >= 4 is 0 Å². The maximum absolute atomic E-state index is 3.70. The molecule has 2 aliphatic heterocycles. The average Bonchev–Trinajstić information content (AvgIpc) is 2.90. The first-order chi connectivity index (χ1) is 6.92. The van der Waals surface area contributed by atoms with Crippen LogP contribution in [0.4, 0.5) is 0 Å². The zero-order valence-electron chi connectivity index (χ0n) is 8.34. The molecule has 0 aromatic heterocycles. The highest BCUT2D eigenvalue weighted by molar-refractivity contribution is 5.47. The minimum atomic E-state index is 0.695. The highest BCUT2D eigenvalue weighted by atomic mass is 15.0. The van der Waals surface area contributed by atoms with E-state index in [1.165, 1.54) is 32.1 Å². The first-order valence-electron chi connectivity index (χ1n) is 5.83. The van der Waals surface area contributed by atoms with Gasteiger partial charge < -0.3 is 5.32 Å². The quantitative estimate of drug-likeness (QED) is 0.655. The van der Waals surface area contributed by atoms with Gasteiger partial charge in [0, 0.05) is 12.1 Å². The standard InChI is InChI=1S/C13H15N/c1-2-8-6-10-11(7-9(8)3-1)13-5-4-12(10)14-13/h6-7,12-14H,1-5H2. The lowest BCUT2D eigenvalue weighted by molar-refractivity contribution is 0.638. The molecule has 0 spiro atoms. The molecule has 0 radical (unpaired) electrons. The maximum atomic E-state index is 3.70. The monoisotopic (exact) mass is 185 g/mol. The van der Waals surface area contributed by atoms with Crippen LogP contribution in [-0.2, 0) is 12.8 Å². The molecular weight excluding hydrogens is 170 g/mol. The van der Waals surface area contributed by atoms with Gasteiger partial charge in [-0.3, -0.25) is 0 Å². The van der Waals surface area contributed by atoms with Gasteiger partial charge in [-0.25, -0.2) is 0 Å². The predicted molar refractivity (Wildman–Crippen MR) is 56.3 cm³/mol. The van der Waals surface area contributed by atoms with Gasteiger partial charge in [0.25, 0.3) is 0 Å². The van der Waals surface area contributed by atoms with Gasteiger partial charge in [-0.2, -0.15) is 0 Å². The molecule has 1 aromatic rings. The Morgan fingerprint density at radius 2 is 1.50 bits per heavy atom. The second kappa shape index (κ2) is 2.40. The van der Waals surface area contributed by atoms with Crippen molar-refractivity contribution in [1.29, 1.82) is 0 Å². The second-order valence-corrected chi connectivity index (χ2v) is 4.95. The van der Waals surface area contributed by atoms with Crippen LogP contribution in [0.25, 0.3) is 0 Å². The van der Waals surface area contributed by atoms with Gasteiger partial charge in [-0.1, -0.05) is 12.1 Å². The summed E-state index contributed by atoms with van der Waals surface area (Å²) in [6, 6.07) is 6.38. The fourth-order valence-electron chi connectivity index (χ4n) is 3.50. The molecule has 2 unspecified atom stereocenters. The summed E-state index contributed by atoms with van der Waals surface area (Å²) >= 11 is 0. The Balaban J connectivity index is 1.95. The summed E-state index contributed by atoms with van der Waals surface area (Å²) in [5.74, 6) is 0. The van der Waals surface area contributed by atoms with Crippen LogP contribution in [0.2, 0.25) is 0 Å². The van der Waals surface area contributed by atoms with Crippen molar-refractivity contribution in [3.63, 3.8) is 0 Å². The normalized spacial score (nSPS) is 32.0. The van der Waals surface area contributed by atoms with E-state index in [-0.39, 0.29) is 0 Å². The lowest BCUT2D eigenvalue weighted by Crippen LogP contribution is -2.05. The number of benzene rings is 1. The summed E-state index contributed by atoms with van der Waals surface area (Å²) < 4.78 is 0. The van der Waals surface area contributed by atoms with Crippen LogP contribution in [-0.4, -0.2) is 0 Å². The van der Waals surface area contributed by atoms with E-state index in [2.05, 4.69) is 17.4 Å². The molecule has 4 rings (SSSR count). The molecule has 72 valence electrons. The average molecular weight is 185 g/mol. The van der Waals surface area contributed by atoms with E-state index < -0.39 is 0 Å². The van der Waals surface area contributed by atoms with Crippen molar-refractivity contribution in [1.82, 2.24) is 5.32 Å². The van der Waals surface area contributed by atoms with Crippen LogP contribution >= 0.6 is 0 Å². The zero-order valence-corrected chi connectivity index (χ0v) is 8.34. The van der Waals surface area contributed by atoms with Crippen molar-refractivity contribution in [2.24, 2.45) is 0 Å². The van der Waals surface area contributed by atoms with Crippen LogP contribution in [0.15, 0.2) is 12.1 Å². The van der Waals surface area contributed by atoms with Crippen molar-refractivity contribution in [2.45, 2.75) is 44.2 Å². The van der Waals surface area contributed by atoms with Crippen LogP contribution < -0.4 is 5.32 Å². The highest BCUT2D eigenvalue weighted by Crippen LogP contribution is 2.46. The third kappa shape index (κ3) is 0.795. The van der Waals surface area contributed by atoms with Gasteiger partial charge in [0.2, 0.25) is 0 Å². The van der Waals surface area contributed by atoms with E-state index in [0.29, 0.717) is 12.1 Å². The van der Waals surface area contributed by atoms with E-state index >= 15 is 0 Å². The molecule has 1 nitrogen and oxygen atoms in total. The first-order valence-corrected chi connectivity index (χ1v) is 5.83. The van der Waals surface area contributed by atoms with E-state index in [0.717, 1.165) is 0 Å². The van der Waals surface area contributed by atoms with Crippen LogP contribution in [0.5, 0.6) is 0 Å². The smallest absolute Gasteiger partial charge is 0.0329 e. The maximum Gasteiger partial charge on any atom is 0.0329 e. The van der Waals surface area contributed by atoms with Gasteiger partial charge in [0.1, 0.15) is 0 Å². The Hall–Kier alpha value is -0.820. The Bertz CT molecular complexity index is 371. The molecule has 1 aromatic carbocycles. The summed E-state index contributed by atoms with van der Waals surface area (Å²) in [6.45, 7) is 0. The third-order valence-electron chi connectivity index (χ3n) is 4.19. The van der Waals surface area contributed by atoms with E-state index in [9.17, 15) is 0 Å². The van der Waals surface area contributed by atoms with Gasteiger partial charge >= 0.3 is 0 Å². The molecule has 0 amide bonds. The Morgan fingerprint density at radius 3 is 2.07 bits per heavy atom. The summed E-state index contributed by atoms with van der Waals surface area (Å²) in [6.07, 6.45) is 6.73.